The van der Waals surface area contributed by atoms with Crippen LogP contribution in [0.15, 0.2) is 18.3 Å². The maximum atomic E-state index is 10.5. The molecule has 1 rings (SSSR count). The maximum absolute atomic E-state index is 10.5. The minimum atomic E-state index is -0.794. The van der Waals surface area contributed by atoms with Crippen molar-refractivity contribution in [3.63, 3.8) is 0 Å². The van der Waals surface area contributed by atoms with Crippen molar-refractivity contribution in [3.8, 4) is 5.88 Å². The minimum Gasteiger partial charge on any atom is -0.481 e. The van der Waals surface area contributed by atoms with Crippen LogP contribution in [0.4, 0.5) is 0 Å². The van der Waals surface area contributed by atoms with Crippen molar-refractivity contribution in [1.29, 1.82) is 0 Å². The summed E-state index contributed by atoms with van der Waals surface area (Å²) in [6, 6.07) is 3.60. The molecule has 1 N–H and O–H groups in total. The number of carboxylic acids is 1. The van der Waals surface area contributed by atoms with E-state index in [0.29, 0.717) is 12.5 Å². The van der Waals surface area contributed by atoms with Crippen LogP contribution in [0.1, 0.15) is 31.7 Å². The summed E-state index contributed by atoms with van der Waals surface area (Å²) in [6.07, 6.45) is 1.76. The van der Waals surface area contributed by atoms with E-state index in [2.05, 4.69) is 4.98 Å². The van der Waals surface area contributed by atoms with E-state index in [-0.39, 0.29) is 12.3 Å². The first-order chi connectivity index (χ1) is 7.13. The van der Waals surface area contributed by atoms with Crippen LogP contribution in [0.3, 0.4) is 0 Å². The third-order valence-corrected chi connectivity index (χ3v) is 2.10. The van der Waals surface area contributed by atoms with Gasteiger partial charge in [0.25, 0.3) is 0 Å². The molecule has 1 aromatic rings. The molecule has 0 spiro atoms. The monoisotopic (exact) mass is 209 g/mol. The lowest BCUT2D eigenvalue weighted by atomic mass is 9.99. The van der Waals surface area contributed by atoms with Crippen molar-refractivity contribution >= 4 is 5.97 Å². The molecule has 4 nitrogen and oxygen atoms in total. The van der Waals surface area contributed by atoms with Crippen LogP contribution >= 0.6 is 0 Å². The molecular formula is C11H15NO3. The lowest BCUT2D eigenvalue weighted by molar-refractivity contribution is -0.137. The number of hydrogen-bond acceptors (Lipinski definition) is 3. The summed E-state index contributed by atoms with van der Waals surface area (Å²) in [6.45, 7) is 4.32. The molecule has 1 unspecified atom stereocenters. The minimum absolute atomic E-state index is 0.0234. The SMILES string of the molecule is CCOc1cc(C(C)CC(=O)O)ccn1. The van der Waals surface area contributed by atoms with Gasteiger partial charge in [0.2, 0.25) is 5.88 Å². The van der Waals surface area contributed by atoms with Gasteiger partial charge in [-0.25, -0.2) is 4.98 Å². The Morgan fingerprint density at radius 2 is 2.40 bits per heavy atom. The van der Waals surface area contributed by atoms with Gasteiger partial charge in [0.1, 0.15) is 0 Å². The molecule has 0 aromatic carbocycles. The van der Waals surface area contributed by atoms with Crippen molar-refractivity contribution < 1.29 is 14.6 Å². The fourth-order valence-corrected chi connectivity index (χ4v) is 1.34. The zero-order valence-electron chi connectivity index (χ0n) is 8.93. The summed E-state index contributed by atoms with van der Waals surface area (Å²) in [5.74, 6) is -0.269. The van der Waals surface area contributed by atoms with Gasteiger partial charge < -0.3 is 9.84 Å². The Bertz CT molecular complexity index is 338. The van der Waals surface area contributed by atoms with Gasteiger partial charge >= 0.3 is 5.97 Å². The quantitative estimate of drug-likeness (QED) is 0.806. The number of aromatic nitrogens is 1. The summed E-state index contributed by atoms with van der Waals surface area (Å²) < 4.78 is 5.24. The molecule has 4 heteroatoms. The van der Waals surface area contributed by atoms with E-state index in [1.54, 1.807) is 12.3 Å². The topological polar surface area (TPSA) is 59.4 Å². The predicted octanol–water partition coefficient (Wildman–Crippen LogP) is 2.06. The molecule has 82 valence electrons. The largest absolute Gasteiger partial charge is 0.481 e. The molecule has 1 aromatic heterocycles. The fourth-order valence-electron chi connectivity index (χ4n) is 1.34. The molecule has 0 radical (unpaired) electrons. The van der Waals surface area contributed by atoms with Crippen molar-refractivity contribution in [2.45, 2.75) is 26.2 Å². The molecule has 0 amide bonds. The van der Waals surface area contributed by atoms with E-state index in [0.717, 1.165) is 5.56 Å². The Morgan fingerprint density at radius 1 is 1.67 bits per heavy atom. The summed E-state index contributed by atoms with van der Waals surface area (Å²) in [5, 5.41) is 8.67. The maximum Gasteiger partial charge on any atom is 0.303 e. The number of carboxylic acid groups (broad SMARTS) is 1. The van der Waals surface area contributed by atoms with Gasteiger partial charge in [0.05, 0.1) is 13.0 Å². The third kappa shape index (κ3) is 3.58. The van der Waals surface area contributed by atoms with Gasteiger partial charge in [-0.3, -0.25) is 4.79 Å². The van der Waals surface area contributed by atoms with E-state index in [1.165, 1.54) is 0 Å². The molecule has 0 aliphatic heterocycles. The Hall–Kier alpha value is -1.58. The van der Waals surface area contributed by atoms with E-state index in [4.69, 9.17) is 9.84 Å². The smallest absolute Gasteiger partial charge is 0.303 e. The van der Waals surface area contributed by atoms with Gasteiger partial charge in [-0.05, 0) is 24.5 Å². The molecule has 0 aliphatic rings. The summed E-state index contributed by atoms with van der Waals surface area (Å²) in [5.41, 5.74) is 0.941. The van der Waals surface area contributed by atoms with Crippen LogP contribution < -0.4 is 4.74 Å². The van der Waals surface area contributed by atoms with Crippen molar-refractivity contribution in [3.05, 3.63) is 23.9 Å². The average Bonchev–Trinajstić information content (AvgIpc) is 2.17. The summed E-state index contributed by atoms with van der Waals surface area (Å²) in [7, 11) is 0. The second-order valence-corrected chi connectivity index (χ2v) is 3.36. The standard InChI is InChI=1S/C11H15NO3/c1-3-15-10-7-9(4-5-12-10)8(2)6-11(13)14/h4-5,7-8H,3,6H2,1-2H3,(H,13,14). The molecule has 1 atom stereocenters. The molecular weight excluding hydrogens is 194 g/mol. The molecule has 0 fully saturated rings. The number of hydrogen-bond donors (Lipinski definition) is 1. The third-order valence-electron chi connectivity index (χ3n) is 2.10. The predicted molar refractivity (Wildman–Crippen MR) is 56.1 cm³/mol. The highest BCUT2D eigenvalue weighted by molar-refractivity contribution is 5.67. The zero-order valence-corrected chi connectivity index (χ0v) is 8.93. The normalized spacial score (nSPS) is 12.1. The van der Waals surface area contributed by atoms with E-state index in [9.17, 15) is 4.79 Å². The Kier molecular flexibility index (Phi) is 4.09. The molecule has 0 bridgehead atoms. The number of nitrogens with zero attached hydrogens (tertiary/aromatic N) is 1. The van der Waals surface area contributed by atoms with Crippen LogP contribution in [0.25, 0.3) is 0 Å². The van der Waals surface area contributed by atoms with Crippen molar-refractivity contribution in [2.75, 3.05) is 6.61 Å². The first-order valence-electron chi connectivity index (χ1n) is 4.94. The zero-order chi connectivity index (χ0) is 11.3. The van der Waals surface area contributed by atoms with Gasteiger partial charge in [0, 0.05) is 12.3 Å². The number of carbonyl (C=O) groups is 1. The van der Waals surface area contributed by atoms with Gasteiger partial charge in [0.15, 0.2) is 0 Å². The van der Waals surface area contributed by atoms with Gasteiger partial charge in [-0.15, -0.1) is 0 Å². The van der Waals surface area contributed by atoms with Crippen LogP contribution in [0.5, 0.6) is 5.88 Å². The van der Waals surface area contributed by atoms with Crippen molar-refractivity contribution in [2.24, 2.45) is 0 Å². The summed E-state index contributed by atoms with van der Waals surface area (Å²) >= 11 is 0. The number of ether oxygens (including phenoxy) is 1. The van der Waals surface area contributed by atoms with Gasteiger partial charge in [-0.1, -0.05) is 6.92 Å². The number of pyridine rings is 1. The summed E-state index contributed by atoms with van der Waals surface area (Å²) in [4.78, 5) is 14.6. The Labute approximate surface area is 88.9 Å². The second kappa shape index (κ2) is 5.34. The number of rotatable bonds is 5. The molecule has 0 saturated heterocycles. The lowest BCUT2D eigenvalue weighted by Crippen LogP contribution is -2.03. The van der Waals surface area contributed by atoms with Crippen LogP contribution in [-0.4, -0.2) is 22.7 Å². The molecule has 0 saturated carbocycles. The highest BCUT2D eigenvalue weighted by atomic mass is 16.5. The Balaban J connectivity index is 2.75. The molecule has 1 heterocycles. The first kappa shape index (κ1) is 11.5. The average molecular weight is 209 g/mol. The van der Waals surface area contributed by atoms with Gasteiger partial charge in [-0.2, -0.15) is 0 Å². The highest BCUT2D eigenvalue weighted by Gasteiger charge is 2.10. The molecule has 0 aliphatic carbocycles. The number of aliphatic carboxylic acids is 1. The second-order valence-electron chi connectivity index (χ2n) is 3.36. The van der Waals surface area contributed by atoms with Crippen LogP contribution in [0, 0.1) is 0 Å². The van der Waals surface area contributed by atoms with Crippen molar-refractivity contribution in [1.82, 2.24) is 4.98 Å². The van der Waals surface area contributed by atoms with E-state index in [1.807, 2.05) is 19.9 Å². The van der Waals surface area contributed by atoms with E-state index < -0.39 is 5.97 Å². The first-order valence-corrected chi connectivity index (χ1v) is 4.94. The fraction of sp³-hybridized carbons (Fsp3) is 0.455. The highest BCUT2D eigenvalue weighted by Crippen LogP contribution is 2.21. The van der Waals surface area contributed by atoms with Crippen LogP contribution in [-0.2, 0) is 4.79 Å². The Morgan fingerprint density at radius 3 is 3.00 bits per heavy atom. The molecule has 15 heavy (non-hydrogen) atoms. The van der Waals surface area contributed by atoms with Crippen LogP contribution in [0.2, 0.25) is 0 Å². The van der Waals surface area contributed by atoms with E-state index >= 15 is 0 Å². The lowest BCUT2D eigenvalue weighted by Gasteiger charge is -2.10.